The molecule has 1 fully saturated rings. The van der Waals surface area contributed by atoms with Crippen molar-refractivity contribution < 1.29 is 14.6 Å². The molecule has 0 aliphatic carbocycles. The van der Waals surface area contributed by atoms with Gasteiger partial charge in [-0.2, -0.15) is 0 Å². The number of fused-ring (bicyclic) bond motifs is 1. The largest absolute Gasteiger partial charge is 0.481 e. The molecule has 0 atom stereocenters. The summed E-state index contributed by atoms with van der Waals surface area (Å²) in [4.78, 5) is 27.5. The Labute approximate surface area is 169 Å². The van der Waals surface area contributed by atoms with Gasteiger partial charge in [-0.3, -0.25) is 9.78 Å². The molecule has 29 heavy (non-hydrogen) atoms. The van der Waals surface area contributed by atoms with E-state index < -0.39 is 5.97 Å². The number of piperidine rings is 1. The van der Waals surface area contributed by atoms with Crippen LogP contribution in [-0.2, 0) is 16.0 Å². The first-order valence-corrected chi connectivity index (χ1v) is 9.91. The summed E-state index contributed by atoms with van der Waals surface area (Å²) in [6, 6.07) is 4.01. The number of carbonyl (C=O) groups is 1. The van der Waals surface area contributed by atoms with E-state index in [4.69, 9.17) is 14.7 Å². The smallest absolute Gasteiger partial charge is 0.306 e. The monoisotopic (exact) mass is 395 g/mol. The number of imidazole rings is 1. The van der Waals surface area contributed by atoms with E-state index >= 15 is 0 Å². The summed E-state index contributed by atoms with van der Waals surface area (Å²) >= 11 is 0. The number of hydrogen-bond donors (Lipinski definition) is 1. The molecular weight excluding hydrogens is 370 g/mol. The van der Waals surface area contributed by atoms with Gasteiger partial charge in [0.05, 0.1) is 11.6 Å². The second kappa shape index (κ2) is 8.57. The lowest BCUT2D eigenvalue weighted by atomic mass is 9.97. The van der Waals surface area contributed by atoms with Gasteiger partial charge in [0.25, 0.3) is 0 Å². The zero-order valence-corrected chi connectivity index (χ0v) is 16.5. The molecule has 1 saturated heterocycles. The Balaban J connectivity index is 1.67. The Morgan fingerprint density at radius 1 is 1.28 bits per heavy atom. The summed E-state index contributed by atoms with van der Waals surface area (Å²) in [5, 5.41) is 9.30. The van der Waals surface area contributed by atoms with Crippen LogP contribution < -0.4 is 4.90 Å². The standard InChI is InChI=1S/C21H25N5O3/c1-29-12-2-3-17-14-23-19(16-6-8-25-11-7-22-18(25)13-16)20(24-17)26-9-4-15(5-10-26)21(27)28/h6-8,11,13-15H,2-5,9-10,12H2,1H3,(H,27,28). The van der Waals surface area contributed by atoms with E-state index in [1.54, 1.807) is 13.3 Å². The van der Waals surface area contributed by atoms with E-state index in [-0.39, 0.29) is 5.92 Å². The molecule has 4 heterocycles. The van der Waals surface area contributed by atoms with Gasteiger partial charge in [0.1, 0.15) is 11.3 Å². The fourth-order valence-corrected chi connectivity index (χ4v) is 3.75. The quantitative estimate of drug-likeness (QED) is 0.615. The van der Waals surface area contributed by atoms with Crippen molar-refractivity contribution in [1.29, 1.82) is 0 Å². The van der Waals surface area contributed by atoms with Gasteiger partial charge in [-0.25, -0.2) is 9.97 Å². The molecule has 1 aliphatic heterocycles. The van der Waals surface area contributed by atoms with Crippen molar-refractivity contribution in [2.45, 2.75) is 25.7 Å². The predicted octanol–water partition coefficient (Wildman–Crippen LogP) is 2.67. The number of pyridine rings is 1. The predicted molar refractivity (Wildman–Crippen MR) is 109 cm³/mol. The van der Waals surface area contributed by atoms with Crippen molar-refractivity contribution in [2.75, 3.05) is 31.7 Å². The van der Waals surface area contributed by atoms with Crippen LogP contribution in [0.5, 0.6) is 0 Å². The Morgan fingerprint density at radius 2 is 2.10 bits per heavy atom. The number of carboxylic acid groups (broad SMARTS) is 1. The van der Waals surface area contributed by atoms with Crippen molar-refractivity contribution in [2.24, 2.45) is 5.92 Å². The van der Waals surface area contributed by atoms with Gasteiger partial charge in [0.15, 0.2) is 5.82 Å². The SMILES string of the molecule is COCCCc1cnc(-c2ccn3ccnc3c2)c(N2CCC(C(=O)O)CC2)n1. The number of nitrogens with zero attached hydrogens (tertiary/aromatic N) is 5. The zero-order chi connectivity index (χ0) is 20.2. The second-order valence-corrected chi connectivity index (χ2v) is 7.34. The molecule has 8 heteroatoms. The van der Waals surface area contributed by atoms with Crippen LogP contribution in [0.2, 0.25) is 0 Å². The summed E-state index contributed by atoms with van der Waals surface area (Å²) < 4.78 is 7.10. The number of aliphatic carboxylic acids is 1. The molecule has 8 nitrogen and oxygen atoms in total. The Hall–Kier alpha value is -3.00. The van der Waals surface area contributed by atoms with Crippen molar-refractivity contribution >= 4 is 17.4 Å². The lowest BCUT2D eigenvalue weighted by Crippen LogP contribution is -2.37. The van der Waals surface area contributed by atoms with Crippen LogP contribution in [0.25, 0.3) is 16.9 Å². The average Bonchev–Trinajstić information content (AvgIpc) is 3.22. The average molecular weight is 395 g/mol. The number of aryl methyl sites for hydroxylation is 1. The lowest BCUT2D eigenvalue weighted by molar-refractivity contribution is -0.142. The van der Waals surface area contributed by atoms with Crippen LogP contribution in [0.1, 0.15) is 25.0 Å². The molecule has 0 aromatic carbocycles. The van der Waals surface area contributed by atoms with E-state index in [1.165, 1.54) is 0 Å². The van der Waals surface area contributed by atoms with Crippen LogP contribution >= 0.6 is 0 Å². The molecule has 0 unspecified atom stereocenters. The van der Waals surface area contributed by atoms with E-state index in [9.17, 15) is 9.90 Å². The Morgan fingerprint density at radius 3 is 2.86 bits per heavy atom. The number of rotatable bonds is 7. The van der Waals surface area contributed by atoms with Gasteiger partial charge in [-0.05, 0) is 37.8 Å². The molecule has 0 radical (unpaired) electrons. The van der Waals surface area contributed by atoms with Crippen molar-refractivity contribution in [1.82, 2.24) is 19.4 Å². The fourth-order valence-electron chi connectivity index (χ4n) is 3.75. The van der Waals surface area contributed by atoms with Crippen molar-refractivity contribution in [3.8, 4) is 11.3 Å². The first kappa shape index (κ1) is 19.3. The number of aromatic nitrogens is 4. The molecule has 0 saturated carbocycles. The molecule has 1 N–H and O–H groups in total. The van der Waals surface area contributed by atoms with Crippen molar-refractivity contribution in [3.63, 3.8) is 0 Å². The summed E-state index contributed by atoms with van der Waals surface area (Å²) in [7, 11) is 1.69. The van der Waals surface area contributed by atoms with Gasteiger partial charge in [-0.15, -0.1) is 0 Å². The van der Waals surface area contributed by atoms with Gasteiger partial charge in [-0.1, -0.05) is 0 Å². The minimum atomic E-state index is -0.714. The van der Waals surface area contributed by atoms with E-state index in [0.717, 1.165) is 41.3 Å². The maximum absolute atomic E-state index is 11.3. The molecule has 4 rings (SSSR count). The van der Waals surface area contributed by atoms with E-state index in [0.29, 0.717) is 32.5 Å². The molecule has 0 bridgehead atoms. The fraction of sp³-hybridized carbons (Fsp3) is 0.429. The van der Waals surface area contributed by atoms with E-state index in [2.05, 4.69) is 9.88 Å². The molecule has 3 aromatic heterocycles. The highest BCUT2D eigenvalue weighted by molar-refractivity contribution is 5.75. The normalized spacial score (nSPS) is 15.1. The van der Waals surface area contributed by atoms with Crippen LogP contribution in [0, 0.1) is 5.92 Å². The Kier molecular flexibility index (Phi) is 5.71. The summed E-state index contributed by atoms with van der Waals surface area (Å²) in [5.41, 5.74) is 3.53. The van der Waals surface area contributed by atoms with Crippen LogP contribution in [0.3, 0.4) is 0 Å². The highest BCUT2D eigenvalue weighted by atomic mass is 16.5. The van der Waals surface area contributed by atoms with Crippen LogP contribution in [-0.4, -0.2) is 57.2 Å². The van der Waals surface area contributed by atoms with Gasteiger partial charge >= 0.3 is 5.97 Å². The first-order valence-electron chi connectivity index (χ1n) is 9.91. The maximum Gasteiger partial charge on any atom is 0.306 e. The number of ether oxygens (including phenoxy) is 1. The van der Waals surface area contributed by atoms with Gasteiger partial charge in [0, 0.05) is 57.2 Å². The summed E-state index contributed by atoms with van der Waals surface area (Å²) in [6.45, 7) is 2.00. The minimum Gasteiger partial charge on any atom is -0.481 e. The molecule has 152 valence electrons. The van der Waals surface area contributed by atoms with Crippen molar-refractivity contribution in [3.05, 3.63) is 42.6 Å². The lowest BCUT2D eigenvalue weighted by Gasteiger charge is -2.32. The highest BCUT2D eigenvalue weighted by Crippen LogP contribution is 2.31. The molecule has 3 aromatic rings. The third-order valence-corrected chi connectivity index (χ3v) is 5.40. The minimum absolute atomic E-state index is 0.284. The number of anilines is 1. The zero-order valence-electron chi connectivity index (χ0n) is 16.5. The van der Waals surface area contributed by atoms with Crippen LogP contribution in [0.4, 0.5) is 5.82 Å². The van der Waals surface area contributed by atoms with Gasteiger partial charge < -0.3 is 19.1 Å². The second-order valence-electron chi connectivity index (χ2n) is 7.34. The summed E-state index contributed by atoms with van der Waals surface area (Å²) in [6.07, 6.45) is 10.4. The number of carboxylic acids is 1. The molecule has 0 amide bonds. The van der Waals surface area contributed by atoms with Crippen LogP contribution in [0.15, 0.2) is 36.9 Å². The third-order valence-electron chi connectivity index (χ3n) is 5.40. The molecule has 1 aliphatic rings. The maximum atomic E-state index is 11.3. The topological polar surface area (TPSA) is 92.9 Å². The van der Waals surface area contributed by atoms with E-state index in [1.807, 2.05) is 35.1 Å². The molecule has 0 spiro atoms. The number of hydrogen-bond acceptors (Lipinski definition) is 6. The molecular formula is C21H25N5O3. The third kappa shape index (κ3) is 4.22. The first-order chi connectivity index (χ1) is 14.2. The number of methoxy groups -OCH3 is 1. The Bertz CT molecular complexity index is 995. The summed E-state index contributed by atoms with van der Waals surface area (Å²) in [5.74, 6) is -0.178. The highest BCUT2D eigenvalue weighted by Gasteiger charge is 2.27. The van der Waals surface area contributed by atoms with Gasteiger partial charge in [0.2, 0.25) is 0 Å².